The van der Waals surface area contributed by atoms with Crippen LogP contribution in [0.4, 0.5) is 4.79 Å². The Morgan fingerprint density at radius 2 is 1.88 bits per heavy atom. The van der Waals surface area contributed by atoms with Crippen LogP contribution in [0.1, 0.15) is 41.7 Å². The summed E-state index contributed by atoms with van der Waals surface area (Å²) in [7, 11) is 1.62. The molecule has 1 N–H and O–H groups in total. The number of ether oxygens (including phenoxy) is 1. The summed E-state index contributed by atoms with van der Waals surface area (Å²) in [6.45, 7) is 1.84. The van der Waals surface area contributed by atoms with E-state index in [0.29, 0.717) is 47.1 Å². The molecular formula is C23H24Cl3N5O2. The zero-order valence-corrected chi connectivity index (χ0v) is 20.4. The molecular weight excluding hydrogens is 485 g/mol. The fourth-order valence-corrected chi connectivity index (χ4v) is 4.59. The lowest BCUT2D eigenvalue weighted by Crippen LogP contribution is -2.40. The van der Waals surface area contributed by atoms with E-state index in [0.717, 1.165) is 29.8 Å². The number of benzene rings is 2. The molecule has 1 aliphatic rings. The fraction of sp³-hybridized carbons (Fsp3) is 0.348. The third-order valence-electron chi connectivity index (χ3n) is 5.64. The van der Waals surface area contributed by atoms with Crippen LogP contribution in [0.2, 0.25) is 15.1 Å². The number of nitrogens with one attached hydrogen (secondary N) is 1. The summed E-state index contributed by atoms with van der Waals surface area (Å²) in [6.07, 6.45) is 1.69. The number of methoxy groups -OCH3 is 1. The number of aromatic nitrogens is 3. The Labute approximate surface area is 207 Å². The Kier molecular flexibility index (Phi) is 7.75. The molecule has 1 saturated heterocycles. The van der Waals surface area contributed by atoms with Gasteiger partial charge in [0.25, 0.3) is 0 Å². The Hall–Kier alpha value is -2.32. The van der Waals surface area contributed by atoms with Gasteiger partial charge in [-0.05, 0) is 48.2 Å². The van der Waals surface area contributed by atoms with Gasteiger partial charge in [0.15, 0.2) is 11.6 Å². The minimum Gasteiger partial charge on any atom is -0.377 e. The number of likely N-dealkylation sites (tertiary alicyclic amines) is 1. The predicted molar refractivity (Wildman–Crippen MR) is 129 cm³/mol. The van der Waals surface area contributed by atoms with Gasteiger partial charge < -0.3 is 19.5 Å². The van der Waals surface area contributed by atoms with Crippen LogP contribution in [0.15, 0.2) is 42.5 Å². The number of carbonyl (C=O) groups excluding carboxylic acids is 1. The minimum atomic E-state index is -0.184. The van der Waals surface area contributed by atoms with Crippen LogP contribution < -0.4 is 5.32 Å². The lowest BCUT2D eigenvalue weighted by molar-refractivity contribution is 0.173. The number of rotatable bonds is 7. The number of hydrogen-bond donors (Lipinski definition) is 1. The molecule has 1 fully saturated rings. The molecule has 1 aromatic heterocycles. The number of hydrogen-bond acceptors (Lipinski definition) is 4. The quantitative estimate of drug-likeness (QED) is 0.459. The maximum absolute atomic E-state index is 13.1. The molecule has 0 bridgehead atoms. The molecule has 3 aromatic rings. The summed E-state index contributed by atoms with van der Waals surface area (Å²) in [4.78, 5) is 14.9. The summed E-state index contributed by atoms with van der Waals surface area (Å²) in [5.41, 5.74) is 1.86. The van der Waals surface area contributed by atoms with Crippen LogP contribution in [0.5, 0.6) is 0 Å². The van der Waals surface area contributed by atoms with Crippen LogP contribution in [0.3, 0.4) is 0 Å². The van der Waals surface area contributed by atoms with Gasteiger partial charge in [0.05, 0.1) is 12.6 Å². The molecule has 2 heterocycles. The normalized spacial score (nSPS) is 15.8. The van der Waals surface area contributed by atoms with Gasteiger partial charge in [-0.3, -0.25) is 0 Å². The molecule has 10 heteroatoms. The first-order valence-electron chi connectivity index (χ1n) is 10.6. The van der Waals surface area contributed by atoms with Crippen LogP contribution in [0.25, 0.3) is 0 Å². The summed E-state index contributed by atoms with van der Waals surface area (Å²) in [5.74, 6) is 1.46. The molecule has 0 unspecified atom stereocenters. The van der Waals surface area contributed by atoms with Gasteiger partial charge in [0.2, 0.25) is 0 Å². The molecule has 0 aliphatic carbocycles. The highest BCUT2D eigenvalue weighted by Crippen LogP contribution is 2.32. The third-order valence-corrected chi connectivity index (χ3v) is 6.48. The number of carbonyl (C=O) groups is 1. The third kappa shape index (κ3) is 5.61. The topological polar surface area (TPSA) is 72.3 Å². The first-order chi connectivity index (χ1) is 16.0. The van der Waals surface area contributed by atoms with Gasteiger partial charge in [0, 0.05) is 35.3 Å². The van der Waals surface area contributed by atoms with Crippen molar-refractivity contribution in [2.75, 3.05) is 13.7 Å². The zero-order valence-electron chi connectivity index (χ0n) is 18.1. The van der Waals surface area contributed by atoms with Crippen LogP contribution >= 0.6 is 34.8 Å². The molecule has 0 spiro atoms. The summed E-state index contributed by atoms with van der Waals surface area (Å²) < 4.78 is 7.35. The summed E-state index contributed by atoms with van der Waals surface area (Å²) >= 11 is 18.2. The van der Waals surface area contributed by atoms with Crippen molar-refractivity contribution in [3.63, 3.8) is 0 Å². The zero-order chi connectivity index (χ0) is 23.4. The molecule has 1 aliphatic heterocycles. The summed E-state index contributed by atoms with van der Waals surface area (Å²) in [5, 5.41) is 13.5. The average Bonchev–Trinajstić information content (AvgIpc) is 3.42. The van der Waals surface area contributed by atoms with Crippen molar-refractivity contribution in [3.05, 3.63) is 80.3 Å². The summed E-state index contributed by atoms with van der Waals surface area (Å²) in [6, 6.07) is 12.5. The lowest BCUT2D eigenvalue weighted by atomic mass is 10.2. The minimum absolute atomic E-state index is 0.169. The van der Waals surface area contributed by atoms with E-state index >= 15 is 0 Å². The number of halogens is 3. The first-order valence-corrected chi connectivity index (χ1v) is 11.7. The highest BCUT2D eigenvalue weighted by molar-refractivity contribution is 6.35. The molecule has 0 saturated carbocycles. The van der Waals surface area contributed by atoms with Crippen molar-refractivity contribution in [2.24, 2.45) is 0 Å². The largest absolute Gasteiger partial charge is 0.377 e. The highest BCUT2D eigenvalue weighted by atomic mass is 35.5. The van der Waals surface area contributed by atoms with E-state index in [1.165, 1.54) is 0 Å². The second-order valence-electron chi connectivity index (χ2n) is 7.87. The standard InChI is InChI=1S/C23H24Cl3N5O2/c1-33-14-21-28-29-22(31(21)13-15-4-7-17(24)8-5-15)20-3-2-10-30(20)23(32)27-12-16-6-9-18(25)11-19(16)26/h4-9,11,20H,2-3,10,12-14H2,1H3,(H,27,32)/t20-/m1/s1. The van der Waals surface area contributed by atoms with E-state index in [9.17, 15) is 4.79 Å². The van der Waals surface area contributed by atoms with Crippen molar-refractivity contribution >= 4 is 40.8 Å². The van der Waals surface area contributed by atoms with E-state index in [4.69, 9.17) is 39.5 Å². The average molecular weight is 509 g/mol. The lowest BCUT2D eigenvalue weighted by Gasteiger charge is -2.25. The van der Waals surface area contributed by atoms with E-state index < -0.39 is 0 Å². The van der Waals surface area contributed by atoms with E-state index in [-0.39, 0.29) is 12.1 Å². The Balaban J connectivity index is 1.53. The molecule has 7 nitrogen and oxygen atoms in total. The SMILES string of the molecule is COCc1nnc([C@H]2CCCN2C(=O)NCc2ccc(Cl)cc2Cl)n1Cc1ccc(Cl)cc1. The molecule has 33 heavy (non-hydrogen) atoms. The predicted octanol–water partition coefficient (Wildman–Crippen LogP) is 5.48. The fourth-order valence-electron chi connectivity index (χ4n) is 3.99. The van der Waals surface area contributed by atoms with Crippen LogP contribution in [-0.4, -0.2) is 39.4 Å². The molecule has 4 rings (SSSR count). The van der Waals surface area contributed by atoms with Gasteiger partial charge in [-0.15, -0.1) is 10.2 Å². The number of nitrogens with zero attached hydrogens (tertiary/aromatic N) is 4. The number of amides is 2. The first kappa shape index (κ1) is 23.8. The molecule has 174 valence electrons. The van der Waals surface area contributed by atoms with Gasteiger partial charge >= 0.3 is 6.03 Å². The van der Waals surface area contributed by atoms with Gasteiger partial charge in [0.1, 0.15) is 6.61 Å². The van der Waals surface area contributed by atoms with E-state index in [1.54, 1.807) is 19.2 Å². The van der Waals surface area contributed by atoms with Crippen molar-refractivity contribution in [1.29, 1.82) is 0 Å². The second-order valence-corrected chi connectivity index (χ2v) is 9.15. The van der Waals surface area contributed by atoms with E-state index in [2.05, 4.69) is 15.5 Å². The van der Waals surface area contributed by atoms with Crippen molar-refractivity contribution in [3.8, 4) is 0 Å². The maximum Gasteiger partial charge on any atom is 0.318 e. The molecule has 2 amide bonds. The van der Waals surface area contributed by atoms with Crippen molar-refractivity contribution in [2.45, 2.75) is 38.6 Å². The van der Waals surface area contributed by atoms with Gasteiger partial charge in [-0.25, -0.2) is 4.79 Å². The smallest absolute Gasteiger partial charge is 0.318 e. The molecule has 2 aromatic carbocycles. The van der Waals surface area contributed by atoms with Crippen molar-refractivity contribution < 1.29 is 9.53 Å². The van der Waals surface area contributed by atoms with Crippen LogP contribution in [-0.2, 0) is 24.4 Å². The van der Waals surface area contributed by atoms with Gasteiger partial charge in [-0.1, -0.05) is 53.0 Å². The Bertz CT molecular complexity index is 1120. The number of urea groups is 1. The molecule has 0 radical (unpaired) electrons. The molecule has 1 atom stereocenters. The second kappa shape index (κ2) is 10.7. The van der Waals surface area contributed by atoms with Gasteiger partial charge in [-0.2, -0.15) is 0 Å². The maximum atomic E-state index is 13.1. The van der Waals surface area contributed by atoms with Crippen LogP contribution in [0, 0.1) is 0 Å². The Morgan fingerprint density at radius 1 is 1.12 bits per heavy atom. The van der Waals surface area contributed by atoms with Crippen molar-refractivity contribution in [1.82, 2.24) is 25.0 Å². The highest BCUT2D eigenvalue weighted by Gasteiger charge is 2.34. The monoisotopic (exact) mass is 507 g/mol. The Morgan fingerprint density at radius 3 is 2.61 bits per heavy atom. The van der Waals surface area contributed by atoms with E-state index in [1.807, 2.05) is 39.8 Å².